The molecule has 1 amide bonds. The Balaban J connectivity index is 0.00000294. The molecule has 0 spiro atoms. The number of nitrogens with zero attached hydrogens (tertiary/aromatic N) is 1. The summed E-state index contributed by atoms with van der Waals surface area (Å²) in [4.78, 5) is 27.5. The summed E-state index contributed by atoms with van der Waals surface area (Å²) >= 11 is 0. The van der Waals surface area contributed by atoms with Gasteiger partial charge in [-0.05, 0) is 72.9 Å². The van der Waals surface area contributed by atoms with E-state index < -0.39 is 42.8 Å². The Morgan fingerprint density at radius 1 is 1.02 bits per heavy atom. The summed E-state index contributed by atoms with van der Waals surface area (Å²) in [5, 5.41) is 11.7. The third kappa shape index (κ3) is 11.1. The van der Waals surface area contributed by atoms with Crippen molar-refractivity contribution >= 4 is 31.6 Å². The molecule has 2 N–H and O–H groups in total. The zero-order valence-electron chi connectivity index (χ0n) is 28.4. The summed E-state index contributed by atoms with van der Waals surface area (Å²) in [6, 6.07) is 11.5. The minimum absolute atomic E-state index is 0.0720. The van der Waals surface area contributed by atoms with Gasteiger partial charge in [0, 0.05) is 38.1 Å². The van der Waals surface area contributed by atoms with Crippen LogP contribution in [0.15, 0.2) is 42.5 Å². The fourth-order valence-electron chi connectivity index (χ4n) is 6.62. The van der Waals surface area contributed by atoms with Gasteiger partial charge in [-0.25, -0.2) is 21.6 Å². The van der Waals surface area contributed by atoms with Gasteiger partial charge < -0.3 is 15.2 Å². The van der Waals surface area contributed by atoms with Gasteiger partial charge in [0.25, 0.3) is 5.91 Å². The summed E-state index contributed by atoms with van der Waals surface area (Å²) in [5.74, 6) is -1.82. The minimum atomic E-state index is -3.42. The van der Waals surface area contributed by atoms with Crippen LogP contribution in [0.25, 0.3) is 11.1 Å². The van der Waals surface area contributed by atoms with Crippen LogP contribution in [0, 0.1) is 12.8 Å². The molecule has 0 aromatic heterocycles. The highest BCUT2D eigenvalue weighted by molar-refractivity contribution is 7.92. The normalized spacial score (nSPS) is 19.9. The van der Waals surface area contributed by atoms with Crippen molar-refractivity contribution in [2.75, 3.05) is 38.0 Å². The number of aliphatic carboxylic acids is 1. The molecule has 1 heterocycles. The highest BCUT2D eigenvalue weighted by Crippen LogP contribution is 2.33. The lowest BCUT2D eigenvalue weighted by molar-refractivity contribution is -0.139. The molecule has 0 bridgehead atoms. The third-order valence-electron chi connectivity index (χ3n) is 9.08. The Labute approximate surface area is 281 Å². The molecule has 3 atom stereocenters. The largest absolute Gasteiger partial charge is 0.480 e. The number of nitrogens with one attached hydrogen (secondary N) is 1. The van der Waals surface area contributed by atoms with Crippen LogP contribution in [-0.4, -0.2) is 94.1 Å². The van der Waals surface area contributed by atoms with Crippen molar-refractivity contribution in [1.82, 2.24) is 10.2 Å². The molecule has 262 valence electrons. The number of sulfone groups is 2. The van der Waals surface area contributed by atoms with E-state index in [-0.39, 0.29) is 35.4 Å². The van der Waals surface area contributed by atoms with Gasteiger partial charge in [-0.15, -0.1) is 0 Å². The van der Waals surface area contributed by atoms with Gasteiger partial charge in [0.2, 0.25) is 0 Å². The predicted octanol–water partition coefficient (Wildman–Crippen LogP) is 4.89. The third-order valence-corrected chi connectivity index (χ3v) is 12.3. The summed E-state index contributed by atoms with van der Waals surface area (Å²) in [6.07, 6.45) is 6.60. The van der Waals surface area contributed by atoms with E-state index in [0.717, 1.165) is 48.6 Å². The van der Waals surface area contributed by atoms with E-state index in [2.05, 4.69) is 10.2 Å². The smallest absolute Gasteiger partial charge is 0.326 e. The van der Waals surface area contributed by atoms with E-state index in [1.807, 2.05) is 51.1 Å². The number of hydrogen-bond acceptors (Lipinski definition) is 8. The Bertz CT molecular complexity index is 1570. The molecule has 2 aliphatic rings. The number of carboxylic acid groups (broad SMARTS) is 1. The number of benzene rings is 2. The summed E-state index contributed by atoms with van der Waals surface area (Å²) in [6.45, 7) is 7.19. The highest BCUT2D eigenvalue weighted by atomic mass is 32.2. The number of amides is 1. The average Bonchev–Trinajstić information content (AvgIpc) is 3.43. The molecular formula is C35H52N2O8S2. The number of hydrogen-bond donors (Lipinski definition) is 2. The standard InChI is InChI=1S/C33H46N2O8S2.C2H6/c1-23-9-7-8-12-28(23)30-17-25(13-14-29(30)32(36)34-31(33(37)38)15-16-44(3,39)40)19-35-20-27(18-26(35)21-43-2)45(41,42)22-24-10-5-4-6-11-24;1-2/h7-9,12-14,17,24,26-27,31H,4-6,10-11,15-16,18-22H2,1-3H3,(H,34,36)(H,37,38);1-2H3/t26?,27-,31?;/m0./s1. The highest BCUT2D eigenvalue weighted by Gasteiger charge is 2.40. The van der Waals surface area contributed by atoms with Crippen molar-refractivity contribution in [1.29, 1.82) is 0 Å². The molecule has 1 aliphatic carbocycles. The summed E-state index contributed by atoms with van der Waals surface area (Å²) in [7, 11) is -5.08. The van der Waals surface area contributed by atoms with Crippen LogP contribution in [-0.2, 0) is 35.8 Å². The Hall–Kier alpha value is -2.80. The second-order valence-corrected chi connectivity index (χ2v) is 17.3. The second kappa shape index (κ2) is 17.6. The van der Waals surface area contributed by atoms with Crippen LogP contribution >= 0.6 is 0 Å². The van der Waals surface area contributed by atoms with Crippen LogP contribution in [0.4, 0.5) is 0 Å². The first-order valence-corrected chi connectivity index (χ1v) is 20.4. The van der Waals surface area contributed by atoms with E-state index in [1.165, 1.54) is 6.42 Å². The van der Waals surface area contributed by atoms with Gasteiger partial charge >= 0.3 is 5.97 Å². The van der Waals surface area contributed by atoms with Crippen molar-refractivity contribution in [3.05, 3.63) is 59.2 Å². The van der Waals surface area contributed by atoms with Crippen LogP contribution in [0.5, 0.6) is 0 Å². The van der Waals surface area contributed by atoms with Gasteiger partial charge in [0.1, 0.15) is 15.9 Å². The first kappa shape index (κ1) is 38.6. The fraction of sp³-hybridized carbons (Fsp3) is 0.600. The fourth-order valence-corrected chi connectivity index (χ4v) is 9.48. The summed E-state index contributed by atoms with van der Waals surface area (Å²) in [5.41, 5.74) is 3.47. The monoisotopic (exact) mass is 692 g/mol. The molecule has 2 unspecified atom stereocenters. The van der Waals surface area contributed by atoms with Crippen molar-refractivity contribution in [3.63, 3.8) is 0 Å². The van der Waals surface area contributed by atoms with Crippen molar-refractivity contribution in [3.8, 4) is 11.1 Å². The first-order chi connectivity index (χ1) is 22.3. The van der Waals surface area contributed by atoms with Crippen LogP contribution in [0.1, 0.15) is 80.3 Å². The molecule has 1 aliphatic heterocycles. The van der Waals surface area contributed by atoms with Crippen LogP contribution in [0.3, 0.4) is 0 Å². The maximum atomic E-state index is 13.5. The lowest BCUT2D eigenvalue weighted by Gasteiger charge is -2.25. The quantitative estimate of drug-likeness (QED) is 0.283. The number of ether oxygens (including phenoxy) is 1. The number of aryl methyl sites for hydroxylation is 1. The summed E-state index contributed by atoms with van der Waals surface area (Å²) < 4.78 is 55.8. The van der Waals surface area contributed by atoms with Crippen LogP contribution in [0.2, 0.25) is 0 Å². The molecule has 2 fully saturated rings. The van der Waals surface area contributed by atoms with Gasteiger partial charge in [-0.3, -0.25) is 9.69 Å². The molecule has 2 aromatic carbocycles. The van der Waals surface area contributed by atoms with E-state index in [4.69, 9.17) is 4.74 Å². The topological polar surface area (TPSA) is 147 Å². The molecule has 10 nitrogen and oxygen atoms in total. The van der Waals surface area contributed by atoms with Gasteiger partial charge in [0.15, 0.2) is 9.84 Å². The number of carboxylic acids is 1. The molecule has 1 saturated heterocycles. The molecule has 2 aromatic rings. The lowest BCUT2D eigenvalue weighted by atomic mass is 9.91. The zero-order valence-corrected chi connectivity index (χ0v) is 30.0. The van der Waals surface area contributed by atoms with Crippen molar-refractivity contribution < 1.29 is 36.3 Å². The molecule has 12 heteroatoms. The Morgan fingerprint density at radius 3 is 2.32 bits per heavy atom. The average molecular weight is 693 g/mol. The Kier molecular flexibility index (Phi) is 14.4. The van der Waals surface area contributed by atoms with E-state index in [1.54, 1.807) is 19.2 Å². The lowest BCUT2D eigenvalue weighted by Crippen LogP contribution is -2.42. The maximum absolute atomic E-state index is 13.5. The van der Waals surface area contributed by atoms with E-state index in [9.17, 15) is 31.5 Å². The number of methoxy groups -OCH3 is 1. The van der Waals surface area contributed by atoms with Gasteiger partial charge in [-0.2, -0.15) is 0 Å². The van der Waals surface area contributed by atoms with Gasteiger partial charge in [0.05, 0.1) is 23.4 Å². The number of rotatable bonds is 14. The number of carbonyl (C=O) groups excluding carboxylic acids is 1. The molecule has 4 rings (SSSR count). The van der Waals surface area contributed by atoms with E-state index in [0.29, 0.717) is 31.7 Å². The SMILES string of the molecule is CC.COCC1C[C@H](S(=O)(=O)CC2CCCCC2)CN1Cc1ccc(C(=O)NC(CCS(C)(=O)=O)C(=O)O)c(-c2ccccc2C)c1. The van der Waals surface area contributed by atoms with E-state index >= 15 is 0 Å². The second-order valence-electron chi connectivity index (χ2n) is 12.7. The Morgan fingerprint density at radius 2 is 1.70 bits per heavy atom. The zero-order chi connectivity index (χ0) is 34.8. The molecule has 47 heavy (non-hydrogen) atoms. The molecule has 1 saturated carbocycles. The first-order valence-electron chi connectivity index (χ1n) is 16.6. The van der Waals surface area contributed by atoms with Crippen molar-refractivity contribution in [2.24, 2.45) is 5.92 Å². The van der Waals surface area contributed by atoms with Crippen molar-refractivity contribution in [2.45, 2.75) is 89.6 Å². The molecule has 0 radical (unpaired) electrons. The number of likely N-dealkylation sites (tertiary alicyclic amines) is 1. The van der Waals surface area contributed by atoms with Crippen LogP contribution < -0.4 is 5.32 Å². The maximum Gasteiger partial charge on any atom is 0.326 e. The minimum Gasteiger partial charge on any atom is -0.480 e. The molecular weight excluding hydrogens is 641 g/mol. The number of carbonyl (C=O) groups is 2. The predicted molar refractivity (Wildman–Crippen MR) is 186 cm³/mol. The van der Waals surface area contributed by atoms with Gasteiger partial charge in [-0.1, -0.05) is 63.4 Å².